The van der Waals surface area contributed by atoms with Crippen molar-refractivity contribution in [2.24, 2.45) is 4.99 Å². The Balaban J connectivity index is 1.39. The lowest BCUT2D eigenvalue weighted by Crippen LogP contribution is -2.45. The quantitative estimate of drug-likeness (QED) is 0.430. The van der Waals surface area contributed by atoms with Crippen LogP contribution in [0.1, 0.15) is 19.3 Å². The Morgan fingerprint density at radius 2 is 2.21 bits per heavy atom. The molecule has 150 valence electrons. The molecule has 1 unspecified atom stereocenters. The Kier molecular flexibility index (Phi) is 7.00. The summed E-state index contributed by atoms with van der Waals surface area (Å²) in [4.78, 5) is 22.0. The van der Waals surface area contributed by atoms with E-state index in [-0.39, 0.29) is 17.4 Å². The number of rotatable bonds is 7. The van der Waals surface area contributed by atoms with Crippen LogP contribution in [0.2, 0.25) is 0 Å². The number of halogens is 1. The average Bonchev–Trinajstić information content (AvgIpc) is 3.16. The number of hydrogen-bond donors (Lipinski definition) is 2. The van der Waals surface area contributed by atoms with E-state index in [0.29, 0.717) is 18.9 Å². The Morgan fingerprint density at radius 3 is 3.00 bits per heavy atom. The van der Waals surface area contributed by atoms with Crippen molar-refractivity contribution in [3.05, 3.63) is 58.9 Å². The summed E-state index contributed by atoms with van der Waals surface area (Å²) in [6.07, 6.45) is 6.16. The molecule has 0 amide bonds. The van der Waals surface area contributed by atoms with Gasteiger partial charge in [0, 0.05) is 57.7 Å². The Hall–Kier alpha value is -2.90. The summed E-state index contributed by atoms with van der Waals surface area (Å²) in [5.74, 6) is 0.860. The summed E-state index contributed by atoms with van der Waals surface area (Å²) in [7, 11) is 1.74. The second-order valence-corrected chi connectivity index (χ2v) is 6.82. The van der Waals surface area contributed by atoms with Crippen molar-refractivity contribution in [1.29, 1.82) is 0 Å². The summed E-state index contributed by atoms with van der Waals surface area (Å²) in [6.45, 7) is 2.92. The third kappa shape index (κ3) is 5.31. The first kappa shape index (κ1) is 19.9. The average molecular weight is 386 g/mol. The molecular formula is C20H27FN6O. The molecule has 8 heteroatoms. The maximum absolute atomic E-state index is 13.9. The van der Waals surface area contributed by atoms with Gasteiger partial charge >= 0.3 is 0 Å². The molecule has 0 spiro atoms. The molecule has 1 aliphatic heterocycles. The highest BCUT2D eigenvalue weighted by atomic mass is 19.1. The van der Waals surface area contributed by atoms with Gasteiger partial charge in [-0.1, -0.05) is 6.07 Å². The summed E-state index contributed by atoms with van der Waals surface area (Å²) in [5, 5.41) is 6.70. The van der Waals surface area contributed by atoms with Gasteiger partial charge in [0.2, 0.25) is 5.56 Å². The molecule has 3 rings (SSSR count). The maximum Gasteiger partial charge on any atom is 0.250 e. The molecule has 2 N–H and O–H groups in total. The smallest absolute Gasteiger partial charge is 0.250 e. The number of hydrogen-bond acceptors (Lipinski definition) is 4. The summed E-state index contributed by atoms with van der Waals surface area (Å²) in [6, 6.07) is 8.43. The predicted molar refractivity (Wildman–Crippen MR) is 109 cm³/mol. The molecular weight excluding hydrogens is 359 g/mol. The van der Waals surface area contributed by atoms with Crippen LogP contribution < -0.4 is 21.1 Å². The van der Waals surface area contributed by atoms with Crippen molar-refractivity contribution in [2.75, 3.05) is 31.6 Å². The van der Waals surface area contributed by atoms with Gasteiger partial charge in [0.15, 0.2) is 17.6 Å². The van der Waals surface area contributed by atoms with Crippen molar-refractivity contribution >= 4 is 11.8 Å². The normalized spacial score (nSPS) is 17.0. The van der Waals surface area contributed by atoms with Crippen molar-refractivity contribution in [2.45, 2.75) is 31.8 Å². The fourth-order valence-corrected chi connectivity index (χ4v) is 3.33. The zero-order valence-corrected chi connectivity index (χ0v) is 16.1. The van der Waals surface area contributed by atoms with Crippen molar-refractivity contribution in [3.8, 4) is 0 Å². The van der Waals surface area contributed by atoms with E-state index in [1.54, 1.807) is 36.0 Å². The highest BCUT2D eigenvalue weighted by Gasteiger charge is 2.25. The van der Waals surface area contributed by atoms with Crippen molar-refractivity contribution < 1.29 is 4.39 Å². The highest BCUT2D eigenvalue weighted by Crippen LogP contribution is 2.20. The molecule has 7 nitrogen and oxygen atoms in total. The maximum atomic E-state index is 13.9. The Morgan fingerprint density at radius 1 is 1.32 bits per heavy atom. The number of aromatic nitrogens is 2. The molecule has 28 heavy (non-hydrogen) atoms. The number of aryl methyl sites for hydroxylation is 1. The first-order valence-corrected chi connectivity index (χ1v) is 9.65. The molecule has 0 saturated carbocycles. The number of unbranched alkanes of at least 4 members (excludes halogenated alkanes) is 1. The van der Waals surface area contributed by atoms with E-state index in [1.165, 1.54) is 6.07 Å². The van der Waals surface area contributed by atoms with Gasteiger partial charge in [-0.15, -0.1) is 0 Å². The lowest BCUT2D eigenvalue weighted by molar-refractivity contribution is 0.580. The van der Waals surface area contributed by atoms with Crippen LogP contribution in [0.15, 0.2) is 52.5 Å². The predicted octanol–water partition coefficient (Wildman–Crippen LogP) is 1.61. The molecule has 1 fully saturated rings. The van der Waals surface area contributed by atoms with Crippen LogP contribution in [-0.2, 0) is 6.54 Å². The fraction of sp³-hybridized carbons (Fsp3) is 0.450. The van der Waals surface area contributed by atoms with Gasteiger partial charge in [-0.3, -0.25) is 9.79 Å². The topological polar surface area (TPSA) is 74.6 Å². The first-order chi connectivity index (χ1) is 13.7. The molecule has 0 radical (unpaired) electrons. The van der Waals surface area contributed by atoms with E-state index >= 15 is 0 Å². The van der Waals surface area contributed by atoms with Gasteiger partial charge in [0.1, 0.15) is 0 Å². The second kappa shape index (κ2) is 9.87. The van der Waals surface area contributed by atoms with Crippen LogP contribution in [-0.4, -0.2) is 48.2 Å². The fourth-order valence-electron chi connectivity index (χ4n) is 3.33. The minimum absolute atomic E-state index is 0.0306. The van der Waals surface area contributed by atoms with Crippen LogP contribution in [0.25, 0.3) is 0 Å². The van der Waals surface area contributed by atoms with Gasteiger partial charge in [-0.2, -0.15) is 0 Å². The van der Waals surface area contributed by atoms with Gasteiger partial charge in [0.25, 0.3) is 0 Å². The third-order valence-corrected chi connectivity index (χ3v) is 4.81. The van der Waals surface area contributed by atoms with E-state index in [9.17, 15) is 9.18 Å². The molecule has 0 aromatic carbocycles. The number of guanidine groups is 1. The third-order valence-electron chi connectivity index (χ3n) is 4.81. The van der Waals surface area contributed by atoms with Crippen molar-refractivity contribution in [1.82, 2.24) is 20.2 Å². The van der Waals surface area contributed by atoms with Crippen molar-refractivity contribution in [3.63, 3.8) is 0 Å². The van der Waals surface area contributed by atoms with Gasteiger partial charge in [0.05, 0.1) is 0 Å². The number of nitrogens with one attached hydrogen (secondary N) is 2. The molecule has 2 aromatic heterocycles. The van der Waals surface area contributed by atoms with E-state index < -0.39 is 0 Å². The number of aliphatic imine (C=N–C) groups is 1. The van der Waals surface area contributed by atoms with Crippen LogP contribution in [0.4, 0.5) is 10.2 Å². The zero-order valence-electron chi connectivity index (χ0n) is 16.1. The van der Waals surface area contributed by atoms with Gasteiger partial charge in [-0.25, -0.2) is 9.37 Å². The lowest BCUT2D eigenvalue weighted by atomic mass is 10.2. The van der Waals surface area contributed by atoms with Crippen LogP contribution >= 0.6 is 0 Å². The standard InChI is InChI=1S/C20H27FN6O/c1-22-20(24-10-3-5-13-26-12-4-2-8-18(26)28)25-16-9-14-27(15-16)19-17(21)7-6-11-23-19/h2,4,6-8,11-12,16H,3,5,9-10,13-15H2,1H3,(H2,22,24,25). The van der Waals surface area contributed by atoms with Crippen LogP contribution in [0.3, 0.4) is 0 Å². The lowest BCUT2D eigenvalue weighted by Gasteiger charge is -2.20. The van der Waals surface area contributed by atoms with Crippen LogP contribution in [0, 0.1) is 5.82 Å². The monoisotopic (exact) mass is 386 g/mol. The van der Waals surface area contributed by atoms with E-state index in [1.807, 2.05) is 17.2 Å². The highest BCUT2D eigenvalue weighted by molar-refractivity contribution is 5.80. The second-order valence-electron chi connectivity index (χ2n) is 6.82. The van der Waals surface area contributed by atoms with Gasteiger partial charge in [-0.05, 0) is 37.5 Å². The number of anilines is 1. The molecule has 1 saturated heterocycles. The summed E-state index contributed by atoms with van der Waals surface area (Å²) >= 11 is 0. The summed E-state index contributed by atoms with van der Waals surface area (Å²) < 4.78 is 15.6. The van der Waals surface area contributed by atoms with Gasteiger partial charge < -0.3 is 20.1 Å². The molecule has 0 aliphatic carbocycles. The Labute approximate surface area is 164 Å². The molecule has 0 bridgehead atoms. The SMILES string of the molecule is CN=C(NCCCCn1ccccc1=O)NC1CCN(c2ncccc2F)C1. The summed E-state index contributed by atoms with van der Waals surface area (Å²) in [5.41, 5.74) is 0.0306. The van der Waals surface area contributed by atoms with E-state index in [2.05, 4.69) is 20.6 Å². The number of nitrogens with zero attached hydrogens (tertiary/aromatic N) is 4. The van der Waals surface area contributed by atoms with E-state index in [0.717, 1.165) is 38.3 Å². The zero-order chi connectivity index (χ0) is 19.8. The van der Waals surface area contributed by atoms with E-state index in [4.69, 9.17) is 0 Å². The van der Waals surface area contributed by atoms with Crippen LogP contribution in [0.5, 0.6) is 0 Å². The molecule has 3 heterocycles. The Bertz CT molecular complexity index is 852. The first-order valence-electron chi connectivity index (χ1n) is 9.65. The molecule has 1 aliphatic rings. The minimum Gasteiger partial charge on any atom is -0.356 e. The largest absolute Gasteiger partial charge is 0.356 e. The number of pyridine rings is 2. The minimum atomic E-state index is -0.289. The molecule has 1 atom stereocenters. The molecule has 2 aromatic rings.